The van der Waals surface area contributed by atoms with Gasteiger partial charge in [-0.1, -0.05) is 144 Å². The van der Waals surface area contributed by atoms with E-state index in [1.165, 1.54) is 201 Å². The maximum absolute atomic E-state index is 14.5. The Balaban J connectivity index is 0.000000256. The van der Waals surface area contributed by atoms with E-state index < -0.39 is 233 Å². The number of aryl methyl sites for hydroxylation is 12. The van der Waals surface area contributed by atoms with Crippen LogP contribution in [0.15, 0.2) is 231 Å². The molecule has 0 saturated heterocycles. The van der Waals surface area contributed by atoms with Gasteiger partial charge in [0.25, 0.3) is 0 Å². The van der Waals surface area contributed by atoms with Crippen molar-refractivity contribution in [2.45, 2.75) is 83.1 Å². The van der Waals surface area contributed by atoms with E-state index in [0.29, 0.717) is 22.3 Å². The largest absolute Gasteiger partial charge is 2.00 e. The zero-order chi connectivity index (χ0) is 104. The van der Waals surface area contributed by atoms with Crippen molar-refractivity contribution in [2.75, 3.05) is 19.7 Å². The molecule has 54 heteroatoms. The van der Waals surface area contributed by atoms with Gasteiger partial charge in [-0.3, -0.25) is 0 Å². The maximum atomic E-state index is 14.5. The Labute approximate surface area is 811 Å². The van der Waals surface area contributed by atoms with Gasteiger partial charge < -0.3 is 71.5 Å². The molecular weight excluding hydrogens is 2060 g/mol. The second-order valence-corrected chi connectivity index (χ2v) is 30.1. The summed E-state index contributed by atoms with van der Waals surface area (Å²) >= 11 is 0. The van der Waals surface area contributed by atoms with Crippen LogP contribution in [0, 0.1) is 199 Å². The average molecular weight is 2130 g/mol. The van der Waals surface area contributed by atoms with Gasteiger partial charge in [0.1, 0.15) is 22.3 Å². The zero-order valence-electron chi connectivity index (χ0n) is 75.1. The Morgan fingerprint density at radius 1 is 0.190 bits per heavy atom. The van der Waals surface area contributed by atoms with E-state index in [0.717, 1.165) is 0 Å². The molecule has 736 valence electrons. The maximum Gasteiger partial charge on any atom is 2.00 e. The molecule has 0 atom stereocenters. The number of halogens is 32. The van der Waals surface area contributed by atoms with E-state index in [-0.39, 0.29) is 106 Å². The van der Waals surface area contributed by atoms with E-state index in [1.54, 1.807) is 52.0 Å². The summed E-state index contributed by atoms with van der Waals surface area (Å²) in [5.74, 6) is -54.0. The zero-order valence-corrected chi connectivity index (χ0v) is 81.1. The van der Waals surface area contributed by atoms with Gasteiger partial charge in [0.15, 0.2) is 93.1 Å². The molecule has 0 radical (unpaired) electrons. The van der Waals surface area contributed by atoms with Crippen LogP contribution in [-0.4, -0.2) is 51.8 Å². The normalized spacial score (nSPS) is 12.3. The number of amidine groups is 4. The van der Waals surface area contributed by atoms with Crippen LogP contribution in [0.5, 0.6) is 0 Å². The molecular formula is C88H64B4F32N16Zn2. The Morgan fingerprint density at radius 3 is 0.430 bits per heavy atom. The fourth-order valence-electron chi connectivity index (χ4n) is 13.7. The van der Waals surface area contributed by atoms with E-state index in [4.69, 9.17) is 0 Å². The summed E-state index contributed by atoms with van der Waals surface area (Å²) < 4.78 is 451. The van der Waals surface area contributed by atoms with Gasteiger partial charge in [-0.05, 0) is 176 Å². The van der Waals surface area contributed by atoms with Crippen molar-refractivity contribution in [2.24, 2.45) is 61.3 Å². The van der Waals surface area contributed by atoms with Crippen LogP contribution in [0.4, 0.5) is 185 Å². The molecule has 12 aromatic carbocycles. The first-order chi connectivity index (χ1) is 65.3. The quantitative estimate of drug-likeness (QED) is 0.0109. The van der Waals surface area contributed by atoms with Crippen LogP contribution in [0.25, 0.3) is 0 Å². The van der Waals surface area contributed by atoms with Crippen molar-refractivity contribution < 1.29 is 179 Å². The molecule has 0 spiro atoms. The molecule has 0 unspecified atom stereocenters. The molecule has 0 aliphatic rings. The summed E-state index contributed by atoms with van der Waals surface area (Å²) in [5.41, 5.74) is -5.56. The molecule has 0 aliphatic heterocycles. The van der Waals surface area contributed by atoms with E-state index in [9.17, 15) is 140 Å². The number of anilines is 4. The molecule has 0 N–H and O–H groups in total. The summed E-state index contributed by atoms with van der Waals surface area (Å²) in [6.07, 6.45) is 0. The Kier molecular flexibility index (Phi) is 38.6. The SMILES string of the molecule is Cc1cc(C)c(N(/N=C(/N=Nc2ccccc2)c2c(F)c(F)c(F)c(F)c2F)[B-](F)(F)F)c(C)c1.Cc1cc(C)c(N(/N=C(/N=Nc2ccccc2)c2c(F)c(F)c(F)c(F)c2F)[B-](F)(F)F)c(C)c1.Cc1cc(C)c(N(/N=C(/N=Nc2ccccc2)c2c(F)c(F)c(F)c(F)c2F)[B-](F)(F)F)c(C)c1.Cc1cc(C)c(N(/N=C(/N=Nc2ccccc2)c2c(F)c(F)c(F)c(F)c2F)[B-](F)(F)F)c(C)c1.[Zn+2].[Zn+2]. The molecule has 0 bridgehead atoms. The van der Waals surface area contributed by atoms with Crippen LogP contribution in [0.1, 0.15) is 89.0 Å². The van der Waals surface area contributed by atoms with Crippen molar-refractivity contribution in [3.63, 3.8) is 0 Å². The third-order valence-electron chi connectivity index (χ3n) is 19.2. The molecule has 142 heavy (non-hydrogen) atoms. The van der Waals surface area contributed by atoms with Crippen LogP contribution in [0.3, 0.4) is 0 Å². The molecule has 12 aromatic rings. The van der Waals surface area contributed by atoms with Gasteiger partial charge in [-0.2, -0.15) is 20.4 Å². The van der Waals surface area contributed by atoms with Gasteiger partial charge in [-0.15, -0.1) is 40.9 Å². The summed E-state index contributed by atoms with van der Waals surface area (Å²) in [7, 11) is -24.1. The van der Waals surface area contributed by atoms with Crippen molar-refractivity contribution >= 4 is 97.3 Å². The van der Waals surface area contributed by atoms with Gasteiger partial charge in [0.2, 0.25) is 46.6 Å². The Bertz CT molecular complexity index is 5920. The number of nitrogens with zero attached hydrogens (tertiary/aromatic N) is 16. The number of hydrogen-bond donors (Lipinski definition) is 0. The van der Waals surface area contributed by atoms with Crippen LogP contribution in [-0.2, 0) is 39.0 Å². The van der Waals surface area contributed by atoms with Crippen LogP contribution < -0.4 is 19.7 Å². The first-order valence-electron chi connectivity index (χ1n) is 39.9. The minimum absolute atomic E-state index is 0. The molecule has 0 amide bonds. The van der Waals surface area contributed by atoms with Gasteiger partial charge >= 0.3 is 67.4 Å². The predicted molar refractivity (Wildman–Crippen MR) is 464 cm³/mol. The van der Waals surface area contributed by atoms with Crippen molar-refractivity contribution in [1.82, 2.24) is 0 Å². The van der Waals surface area contributed by atoms with Gasteiger partial charge in [-0.25, -0.2) is 87.8 Å². The fourth-order valence-corrected chi connectivity index (χ4v) is 13.7. The summed E-state index contributed by atoms with van der Waals surface area (Å²) in [6.45, 7) is 17.4. The standard InChI is InChI=1S/4C22H16BF8N4.2Zn/c4*1-11-9-12(2)21(13(3)10-11)35(23(29,30)31)34-22(33-32-14-7-5-4-6-8-14)15-16(24)18(26)20(28)19(27)17(15)25;;/h4*4-10H,1-3H3;;/q4*-1;2*+2/b4*33-32?,34-22+;;. The second kappa shape index (κ2) is 47.6. The Hall–Kier alpha value is -13.8. The summed E-state index contributed by atoms with van der Waals surface area (Å²) in [6, 6.07) is 40.2. The predicted octanol–water partition coefficient (Wildman–Crippen LogP) is 30.4. The smallest absolute Gasteiger partial charge is 0.427 e. The molecule has 12 rings (SSSR count). The van der Waals surface area contributed by atoms with Crippen molar-refractivity contribution in [1.29, 1.82) is 0 Å². The Morgan fingerprint density at radius 2 is 0.310 bits per heavy atom. The van der Waals surface area contributed by atoms with Gasteiger partial charge in [0.05, 0.1) is 22.7 Å². The summed E-state index contributed by atoms with van der Waals surface area (Å²) in [5, 5.41) is 40.7. The topological polar surface area (TPSA) is 161 Å². The number of azo groups is 4. The van der Waals surface area contributed by atoms with E-state index in [2.05, 4.69) is 61.3 Å². The van der Waals surface area contributed by atoms with E-state index >= 15 is 0 Å². The number of hydrazone groups is 4. The number of benzene rings is 12. The number of rotatable bonds is 20. The molecule has 0 saturated carbocycles. The third-order valence-corrected chi connectivity index (χ3v) is 19.2. The van der Waals surface area contributed by atoms with Crippen LogP contribution >= 0.6 is 0 Å². The molecule has 0 aromatic heterocycles. The molecule has 0 aliphatic carbocycles. The minimum atomic E-state index is -6.03. The molecule has 16 nitrogen and oxygen atoms in total. The number of hydrogen-bond acceptors (Lipinski definition) is 12. The van der Waals surface area contributed by atoms with Gasteiger partial charge in [0, 0.05) is 22.7 Å². The summed E-state index contributed by atoms with van der Waals surface area (Å²) in [4.78, 5) is -1.94. The first-order valence-corrected chi connectivity index (χ1v) is 39.9. The monoisotopic (exact) mass is 2120 g/mol. The van der Waals surface area contributed by atoms with Crippen molar-refractivity contribution in [3.8, 4) is 0 Å². The second-order valence-electron chi connectivity index (χ2n) is 30.1. The molecule has 0 fully saturated rings. The van der Waals surface area contributed by atoms with Crippen LogP contribution in [0.2, 0.25) is 0 Å². The third kappa shape index (κ3) is 27.1. The first kappa shape index (κ1) is 115. The van der Waals surface area contributed by atoms with Crippen molar-refractivity contribution in [3.05, 3.63) is 375 Å². The minimum Gasteiger partial charge on any atom is -0.427 e. The molecule has 0 heterocycles. The fraction of sp³-hybridized carbons (Fsp3) is 0.136. The average Bonchev–Trinajstić information content (AvgIpc) is 0.774. The van der Waals surface area contributed by atoms with E-state index in [1.807, 2.05) is 0 Å².